The van der Waals surface area contributed by atoms with Crippen molar-refractivity contribution in [2.24, 2.45) is 5.92 Å². The molecular formula is C11H24N2O2. The van der Waals surface area contributed by atoms with E-state index in [4.69, 9.17) is 5.11 Å². The van der Waals surface area contributed by atoms with Crippen LogP contribution in [0, 0.1) is 5.92 Å². The number of aliphatic carboxylic acids is 1. The zero-order valence-corrected chi connectivity index (χ0v) is 10.3. The first-order valence-corrected chi connectivity index (χ1v) is 5.62. The largest absolute Gasteiger partial charge is 0.481 e. The summed E-state index contributed by atoms with van der Waals surface area (Å²) < 4.78 is 0. The Morgan fingerprint density at radius 1 is 1.47 bits per heavy atom. The molecule has 0 radical (unpaired) electrons. The third-order valence-corrected chi connectivity index (χ3v) is 2.86. The fraction of sp³-hybridized carbons (Fsp3) is 0.909. The van der Waals surface area contributed by atoms with Gasteiger partial charge in [-0.3, -0.25) is 4.79 Å². The molecule has 0 aliphatic carbocycles. The number of rotatable bonds is 8. The molecule has 4 heteroatoms. The van der Waals surface area contributed by atoms with E-state index in [1.165, 1.54) is 0 Å². The molecule has 0 saturated heterocycles. The van der Waals surface area contributed by atoms with Gasteiger partial charge in [-0.2, -0.15) is 0 Å². The summed E-state index contributed by atoms with van der Waals surface area (Å²) in [4.78, 5) is 12.8. The fourth-order valence-corrected chi connectivity index (χ4v) is 1.19. The molecule has 0 fully saturated rings. The van der Waals surface area contributed by atoms with Crippen LogP contribution >= 0.6 is 0 Å². The summed E-state index contributed by atoms with van der Waals surface area (Å²) >= 11 is 0. The van der Waals surface area contributed by atoms with E-state index < -0.39 is 5.97 Å². The molecule has 0 amide bonds. The Morgan fingerprint density at radius 3 is 2.53 bits per heavy atom. The van der Waals surface area contributed by atoms with E-state index in [-0.39, 0.29) is 5.92 Å². The van der Waals surface area contributed by atoms with Crippen LogP contribution in [0.25, 0.3) is 0 Å². The topological polar surface area (TPSA) is 52.6 Å². The van der Waals surface area contributed by atoms with E-state index in [9.17, 15) is 4.79 Å². The third kappa shape index (κ3) is 6.47. The van der Waals surface area contributed by atoms with Crippen molar-refractivity contribution in [2.45, 2.75) is 33.2 Å². The maximum atomic E-state index is 10.5. The van der Waals surface area contributed by atoms with Gasteiger partial charge in [-0.15, -0.1) is 0 Å². The Bertz CT molecular complexity index is 185. The van der Waals surface area contributed by atoms with Crippen LogP contribution in [0.4, 0.5) is 0 Å². The molecule has 0 rings (SSSR count). The summed E-state index contributed by atoms with van der Waals surface area (Å²) in [6.45, 7) is 8.43. The van der Waals surface area contributed by atoms with E-state index in [1.54, 1.807) is 6.92 Å². The smallest absolute Gasteiger partial charge is 0.307 e. The maximum absolute atomic E-state index is 10.5. The molecular weight excluding hydrogens is 192 g/mol. The molecule has 0 heterocycles. The first-order valence-electron chi connectivity index (χ1n) is 5.62. The molecule has 0 aromatic heterocycles. The van der Waals surface area contributed by atoms with Gasteiger partial charge in [0.15, 0.2) is 0 Å². The quantitative estimate of drug-likeness (QED) is 0.595. The Hall–Kier alpha value is -0.610. The van der Waals surface area contributed by atoms with Crippen LogP contribution in [-0.2, 0) is 4.79 Å². The third-order valence-electron chi connectivity index (χ3n) is 2.86. The summed E-state index contributed by atoms with van der Waals surface area (Å²) in [5, 5.41) is 11.8. The van der Waals surface area contributed by atoms with Crippen molar-refractivity contribution in [3.05, 3.63) is 0 Å². The van der Waals surface area contributed by atoms with Crippen LogP contribution in [-0.4, -0.2) is 48.7 Å². The Morgan fingerprint density at radius 2 is 2.07 bits per heavy atom. The van der Waals surface area contributed by atoms with Gasteiger partial charge in [0.2, 0.25) is 0 Å². The summed E-state index contributed by atoms with van der Waals surface area (Å²) in [6.07, 6.45) is 1.14. The fourth-order valence-electron chi connectivity index (χ4n) is 1.19. The minimum atomic E-state index is -0.738. The second-order valence-electron chi connectivity index (χ2n) is 4.18. The first kappa shape index (κ1) is 14.4. The van der Waals surface area contributed by atoms with Gasteiger partial charge < -0.3 is 15.3 Å². The molecule has 0 aromatic rings. The van der Waals surface area contributed by atoms with Crippen molar-refractivity contribution in [3.63, 3.8) is 0 Å². The minimum absolute atomic E-state index is 0.307. The van der Waals surface area contributed by atoms with Crippen molar-refractivity contribution in [3.8, 4) is 0 Å². The van der Waals surface area contributed by atoms with Crippen LogP contribution in [0.5, 0.6) is 0 Å². The number of carbonyl (C=O) groups is 1. The number of hydrogen-bond acceptors (Lipinski definition) is 3. The zero-order valence-electron chi connectivity index (χ0n) is 10.3. The summed E-state index contributed by atoms with van der Waals surface area (Å²) in [5.74, 6) is -1.04. The van der Waals surface area contributed by atoms with E-state index in [0.29, 0.717) is 12.6 Å². The average Bonchev–Trinajstić information content (AvgIpc) is 2.22. The van der Waals surface area contributed by atoms with Crippen molar-refractivity contribution >= 4 is 5.97 Å². The van der Waals surface area contributed by atoms with Gasteiger partial charge in [-0.1, -0.05) is 13.8 Å². The molecule has 0 saturated carbocycles. The normalized spacial score (nSPS) is 15.3. The van der Waals surface area contributed by atoms with Gasteiger partial charge in [0.25, 0.3) is 0 Å². The second kappa shape index (κ2) is 7.65. The lowest BCUT2D eigenvalue weighted by Crippen LogP contribution is -2.37. The number of carboxylic acids is 1. The van der Waals surface area contributed by atoms with E-state index in [0.717, 1.165) is 19.5 Å². The average molecular weight is 216 g/mol. The Labute approximate surface area is 92.7 Å². The Balaban J connectivity index is 3.50. The van der Waals surface area contributed by atoms with Crippen LogP contribution < -0.4 is 5.32 Å². The highest BCUT2D eigenvalue weighted by Crippen LogP contribution is 1.98. The maximum Gasteiger partial charge on any atom is 0.307 e. The molecule has 0 aliphatic heterocycles. The monoisotopic (exact) mass is 216 g/mol. The molecule has 15 heavy (non-hydrogen) atoms. The molecule has 2 unspecified atom stereocenters. The summed E-state index contributed by atoms with van der Waals surface area (Å²) in [6, 6.07) is 0.587. The lowest BCUT2D eigenvalue weighted by Gasteiger charge is -2.23. The highest BCUT2D eigenvalue weighted by Gasteiger charge is 2.10. The predicted molar refractivity (Wildman–Crippen MR) is 62.1 cm³/mol. The molecule has 0 bridgehead atoms. The van der Waals surface area contributed by atoms with Gasteiger partial charge in [-0.05, 0) is 20.4 Å². The van der Waals surface area contributed by atoms with Gasteiger partial charge in [-0.25, -0.2) is 0 Å². The molecule has 2 atom stereocenters. The van der Waals surface area contributed by atoms with Crippen molar-refractivity contribution < 1.29 is 9.90 Å². The van der Waals surface area contributed by atoms with Crippen molar-refractivity contribution in [1.29, 1.82) is 0 Å². The van der Waals surface area contributed by atoms with Gasteiger partial charge in [0, 0.05) is 25.7 Å². The van der Waals surface area contributed by atoms with Crippen molar-refractivity contribution in [2.75, 3.05) is 26.7 Å². The van der Waals surface area contributed by atoms with Crippen molar-refractivity contribution in [1.82, 2.24) is 10.2 Å². The van der Waals surface area contributed by atoms with E-state index in [1.807, 2.05) is 0 Å². The van der Waals surface area contributed by atoms with Gasteiger partial charge in [0.05, 0.1) is 5.92 Å². The minimum Gasteiger partial charge on any atom is -0.481 e. The highest BCUT2D eigenvalue weighted by molar-refractivity contribution is 5.69. The van der Waals surface area contributed by atoms with Crippen LogP contribution in [0.3, 0.4) is 0 Å². The lowest BCUT2D eigenvalue weighted by molar-refractivity contribution is -0.140. The van der Waals surface area contributed by atoms with Crippen LogP contribution in [0.2, 0.25) is 0 Å². The summed E-state index contributed by atoms with van der Waals surface area (Å²) in [5.41, 5.74) is 0. The van der Waals surface area contributed by atoms with Crippen LogP contribution in [0.1, 0.15) is 27.2 Å². The molecule has 0 spiro atoms. The highest BCUT2D eigenvalue weighted by atomic mass is 16.4. The molecule has 0 aromatic carbocycles. The molecule has 0 aliphatic rings. The van der Waals surface area contributed by atoms with E-state index in [2.05, 4.69) is 31.1 Å². The zero-order chi connectivity index (χ0) is 11.8. The van der Waals surface area contributed by atoms with Crippen LogP contribution in [0.15, 0.2) is 0 Å². The van der Waals surface area contributed by atoms with Gasteiger partial charge in [0.1, 0.15) is 0 Å². The Kier molecular flexibility index (Phi) is 7.34. The summed E-state index contributed by atoms with van der Waals surface area (Å²) in [7, 11) is 2.09. The molecule has 2 N–H and O–H groups in total. The van der Waals surface area contributed by atoms with Gasteiger partial charge >= 0.3 is 5.97 Å². The molecule has 4 nitrogen and oxygen atoms in total. The number of likely N-dealkylation sites (N-methyl/N-ethyl adjacent to an activating group) is 1. The SMILES string of the molecule is CCC(C)N(C)CCNCC(C)C(=O)O. The van der Waals surface area contributed by atoms with E-state index >= 15 is 0 Å². The standard InChI is InChI=1S/C11H24N2O2/c1-5-10(3)13(4)7-6-12-8-9(2)11(14)15/h9-10,12H,5-8H2,1-4H3,(H,14,15). The number of carboxylic acid groups (broad SMARTS) is 1. The number of nitrogens with one attached hydrogen (secondary N) is 1. The number of hydrogen-bond donors (Lipinski definition) is 2. The second-order valence-corrected chi connectivity index (χ2v) is 4.18. The number of nitrogens with zero attached hydrogens (tertiary/aromatic N) is 1. The predicted octanol–water partition coefficient (Wildman–Crippen LogP) is 1.03. The lowest BCUT2D eigenvalue weighted by atomic mass is 10.2. The molecule has 90 valence electrons. The first-order chi connectivity index (χ1) is 6.99.